The van der Waals surface area contributed by atoms with Gasteiger partial charge in [0.1, 0.15) is 5.82 Å². The summed E-state index contributed by atoms with van der Waals surface area (Å²) >= 11 is 0. The van der Waals surface area contributed by atoms with Crippen molar-refractivity contribution < 1.29 is 14.3 Å². The maximum atomic E-state index is 12.5. The van der Waals surface area contributed by atoms with E-state index in [0.29, 0.717) is 24.6 Å². The van der Waals surface area contributed by atoms with Crippen LogP contribution in [0.25, 0.3) is 0 Å². The Labute approximate surface area is 168 Å². The Kier molecular flexibility index (Phi) is 5.51. The molecule has 148 valence electrons. The fraction of sp³-hybridized carbons (Fsp3) is 0.238. The van der Waals surface area contributed by atoms with Gasteiger partial charge in [0, 0.05) is 32.5 Å². The van der Waals surface area contributed by atoms with Crippen molar-refractivity contribution in [3.8, 4) is 11.5 Å². The fourth-order valence-corrected chi connectivity index (χ4v) is 2.93. The van der Waals surface area contributed by atoms with Crippen LogP contribution in [0.3, 0.4) is 0 Å². The molecule has 8 heteroatoms. The molecule has 1 N–H and O–H groups in total. The minimum atomic E-state index is -0.158. The molecule has 0 unspecified atom stereocenters. The number of benzene rings is 1. The number of carbonyl (C=O) groups excluding carboxylic acids is 1. The summed E-state index contributed by atoms with van der Waals surface area (Å²) in [7, 11) is 1.76. The zero-order valence-electron chi connectivity index (χ0n) is 16.0. The smallest absolute Gasteiger partial charge is 0.274 e. The first-order chi connectivity index (χ1) is 14.2. The molecule has 1 aromatic carbocycles. The number of hydrogen-bond donors (Lipinski definition) is 1. The molecular formula is C21H21N5O3. The van der Waals surface area contributed by atoms with E-state index in [1.807, 2.05) is 30.3 Å². The zero-order chi connectivity index (χ0) is 20.1. The SMILES string of the molecule is CN(CCc1ccncc1)C(=O)c1ccc(NCc2ccc3c(c2)OCO3)nn1. The van der Waals surface area contributed by atoms with Crippen molar-refractivity contribution in [1.82, 2.24) is 20.1 Å². The van der Waals surface area contributed by atoms with Crippen molar-refractivity contribution in [2.75, 3.05) is 25.7 Å². The molecule has 4 rings (SSSR count). The highest BCUT2D eigenvalue weighted by molar-refractivity contribution is 5.92. The Morgan fingerprint density at radius 3 is 2.66 bits per heavy atom. The lowest BCUT2D eigenvalue weighted by Gasteiger charge is -2.16. The number of likely N-dealkylation sites (N-methyl/N-ethyl adjacent to an activating group) is 1. The molecule has 3 aromatic rings. The topological polar surface area (TPSA) is 89.5 Å². The van der Waals surface area contributed by atoms with Crippen LogP contribution in [-0.2, 0) is 13.0 Å². The Morgan fingerprint density at radius 1 is 1.03 bits per heavy atom. The number of rotatable bonds is 7. The number of fused-ring (bicyclic) bond motifs is 1. The van der Waals surface area contributed by atoms with Crippen LogP contribution in [0.1, 0.15) is 21.6 Å². The van der Waals surface area contributed by atoms with Crippen molar-refractivity contribution in [1.29, 1.82) is 0 Å². The Balaban J connectivity index is 1.30. The lowest BCUT2D eigenvalue weighted by atomic mass is 10.2. The number of anilines is 1. The second-order valence-corrected chi connectivity index (χ2v) is 6.68. The number of nitrogens with one attached hydrogen (secondary N) is 1. The van der Waals surface area contributed by atoms with Crippen LogP contribution in [0.5, 0.6) is 11.5 Å². The third-order valence-corrected chi connectivity index (χ3v) is 4.63. The Hall–Kier alpha value is -3.68. The van der Waals surface area contributed by atoms with Gasteiger partial charge in [-0.15, -0.1) is 10.2 Å². The van der Waals surface area contributed by atoms with Crippen LogP contribution in [0, 0.1) is 0 Å². The summed E-state index contributed by atoms with van der Waals surface area (Å²) in [6.07, 6.45) is 4.25. The second-order valence-electron chi connectivity index (χ2n) is 6.68. The van der Waals surface area contributed by atoms with Crippen LogP contribution >= 0.6 is 0 Å². The standard InChI is InChI=1S/C21H21N5O3/c1-26(11-8-15-6-9-22-10-7-15)21(27)17-3-5-20(25-24-17)23-13-16-2-4-18-19(12-16)29-14-28-18/h2-7,9-10,12H,8,11,13-14H2,1H3,(H,23,25). The van der Waals surface area contributed by atoms with Crippen LogP contribution in [0.4, 0.5) is 5.82 Å². The lowest BCUT2D eigenvalue weighted by Crippen LogP contribution is -2.29. The zero-order valence-corrected chi connectivity index (χ0v) is 16.0. The van der Waals surface area contributed by atoms with E-state index in [1.165, 1.54) is 0 Å². The predicted octanol–water partition coefficient (Wildman–Crippen LogP) is 2.53. The summed E-state index contributed by atoms with van der Waals surface area (Å²) in [6.45, 7) is 1.41. The van der Waals surface area contributed by atoms with E-state index in [4.69, 9.17) is 9.47 Å². The van der Waals surface area contributed by atoms with Gasteiger partial charge < -0.3 is 19.7 Å². The number of nitrogens with zero attached hydrogens (tertiary/aromatic N) is 4. The summed E-state index contributed by atoms with van der Waals surface area (Å²) in [6, 6.07) is 13.1. The molecule has 0 saturated heterocycles. The van der Waals surface area contributed by atoms with Gasteiger partial charge >= 0.3 is 0 Å². The van der Waals surface area contributed by atoms with Crippen LogP contribution in [-0.4, -0.2) is 46.4 Å². The molecule has 3 heterocycles. The number of pyridine rings is 1. The van der Waals surface area contributed by atoms with Gasteiger partial charge in [-0.25, -0.2) is 0 Å². The van der Waals surface area contributed by atoms with E-state index in [-0.39, 0.29) is 12.7 Å². The maximum Gasteiger partial charge on any atom is 0.274 e. The first-order valence-electron chi connectivity index (χ1n) is 9.29. The first-order valence-corrected chi connectivity index (χ1v) is 9.29. The highest BCUT2D eigenvalue weighted by atomic mass is 16.7. The van der Waals surface area contributed by atoms with Gasteiger partial charge in [0.05, 0.1) is 0 Å². The molecule has 1 aliphatic rings. The molecule has 8 nitrogen and oxygen atoms in total. The highest BCUT2D eigenvalue weighted by Crippen LogP contribution is 2.32. The molecule has 29 heavy (non-hydrogen) atoms. The van der Waals surface area contributed by atoms with Gasteiger partial charge in [-0.1, -0.05) is 6.07 Å². The Morgan fingerprint density at radius 2 is 1.86 bits per heavy atom. The van der Waals surface area contributed by atoms with Crippen LogP contribution in [0.15, 0.2) is 54.9 Å². The maximum absolute atomic E-state index is 12.5. The average molecular weight is 391 g/mol. The average Bonchev–Trinajstić information content (AvgIpc) is 3.24. The van der Waals surface area contributed by atoms with Gasteiger partial charge in [-0.2, -0.15) is 0 Å². The minimum Gasteiger partial charge on any atom is -0.454 e. The summed E-state index contributed by atoms with van der Waals surface area (Å²) in [5.41, 5.74) is 2.48. The predicted molar refractivity (Wildman–Crippen MR) is 107 cm³/mol. The van der Waals surface area contributed by atoms with Crippen molar-refractivity contribution in [3.05, 3.63) is 71.7 Å². The molecule has 0 spiro atoms. The third-order valence-electron chi connectivity index (χ3n) is 4.63. The first kappa shape index (κ1) is 18.7. The van der Waals surface area contributed by atoms with Gasteiger partial charge in [0.15, 0.2) is 17.2 Å². The Bertz CT molecular complexity index is 979. The summed E-state index contributed by atoms with van der Waals surface area (Å²) < 4.78 is 10.7. The molecule has 0 fully saturated rings. The molecule has 0 atom stereocenters. The van der Waals surface area contributed by atoms with Crippen molar-refractivity contribution >= 4 is 11.7 Å². The summed E-state index contributed by atoms with van der Waals surface area (Å²) in [4.78, 5) is 18.2. The second kappa shape index (κ2) is 8.55. The molecule has 0 aliphatic carbocycles. The third kappa shape index (κ3) is 4.60. The van der Waals surface area contributed by atoms with Crippen molar-refractivity contribution in [3.63, 3.8) is 0 Å². The van der Waals surface area contributed by atoms with Crippen molar-refractivity contribution in [2.24, 2.45) is 0 Å². The molecule has 1 aliphatic heterocycles. The molecule has 0 bridgehead atoms. The van der Waals surface area contributed by atoms with Crippen LogP contribution in [0.2, 0.25) is 0 Å². The van der Waals surface area contributed by atoms with Gasteiger partial charge in [-0.3, -0.25) is 9.78 Å². The molecule has 2 aromatic heterocycles. The fourth-order valence-electron chi connectivity index (χ4n) is 2.93. The monoisotopic (exact) mass is 391 g/mol. The van der Waals surface area contributed by atoms with Gasteiger partial charge in [0.25, 0.3) is 5.91 Å². The number of aromatic nitrogens is 3. The molecular weight excluding hydrogens is 370 g/mol. The van der Waals surface area contributed by atoms with Gasteiger partial charge in [-0.05, 0) is 53.9 Å². The van der Waals surface area contributed by atoms with E-state index in [1.54, 1.807) is 36.5 Å². The largest absolute Gasteiger partial charge is 0.454 e. The minimum absolute atomic E-state index is 0.158. The molecule has 1 amide bonds. The van der Waals surface area contributed by atoms with E-state index in [2.05, 4.69) is 20.5 Å². The number of amides is 1. The lowest BCUT2D eigenvalue weighted by molar-refractivity contribution is 0.0789. The highest BCUT2D eigenvalue weighted by Gasteiger charge is 2.15. The molecule has 0 radical (unpaired) electrons. The normalized spacial score (nSPS) is 11.9. The van der Waals surface area contributed by atoms with E-state index < -0.39 is 0 Å². The number of hydrogen-bond acceptors (Lipinski definition) is 7. The van der Waals surface area contributed by atoms with E-state index in [0.717, 1.165) is 29.0 Å². The van der Waals surface area contributed by atoms with Gasteiger partial charge in [0.2, 0.25) is 6.79 Å². The summed E-state index contributed by atoms with van der Waals surface area (Å²) in [5, 5.41) is 11.4. The quantitative estimate of drug-likeness (QED) is 0.662. The van der Waals surface area contributed by atoms with Crippen LogP contribution < -0.4 is 14.8 Å². The van der Waals surface area contributed by atoms with E-state index in [9.17, 15) is 4.79 Å². The van der Waals surface area contributed by atoms with E-state index >= 15 is 0 Å². The van der Waals surface area contributed by atoms with Crippen molar-refractivity contribution in [2.45, 2.75) is 13.0 Å². The molecule has 0 saturated carbocycles. The number of carbonyl (C=O) groups is 1. The number of ether oxygens (including phenoxy) is 2. The summed E-state index contributed by atoms with van der Waals surface area (Å²) in [5.74, 6) is 1.93.